The molecule has 2 rings (SSSR count). The maximum atomic E-state index is 4.15. The van der Waals surface area contributed by atoms with Gasteiger partial charge in [0.2, 0.25) is 0 Å². The molecule has 1 N–H and O–H groups in total. The maximum Gasteiger partial charge on any atom is 0.0312 e. The van der Waals surface area contributed by atoms with E-state index in [1.165, 1.54) is 31.6 Å². The molecule has 0 amide bonds. The van der Waals surface area contributed by atoms with Crippen LogP contribution in [0.25, 0.3) is 0 Å². The third kappa shape index (κ3) is 4.72. The van der Waals surface area contributed by atoms with Crippen molar-refractivity contribution in [3.05, 3.63) is 30.1 Å². The van der Waals surface area contributed by atoms with E-state index >= 15 is 0 Å². The van der Waals surface area contributed by atoms with Crippen LogP contribution < -0.4 is 5.32 Å². The van der Waals surface area contributed by atoms with Crippen molar-refractivity contribution in [2.45, 2.75) is 13.0 Å². The number of nitrogens with zero attached hydrogens (tertiary/aromatic N) is 3. The van der Waals surface area contributed by atoms with Crippen molar-refractivity contribution < 1.29 is 0 Å². The minimum Gasteiger partial charge on any atom is -0.314 e. The van der Waals surface area contributed by atoms with Gasteiger partial charge in [-0.15, -0.1) is 0 Å². The van der Waals surface area contributed by atoms with Crippen LogP contribution in [0.2, 0.25) is 0 Å². The first-order valence-electron chi connectivity index (χ1n) is 6.85. The normalized spacial score (nSPS) is 17.2. The molecule has 0 aliphatic carbocycles. The molecule has 1 fully saturated rings. The number of rotatable bonds is 6. The smallest absolute Gasteiger partial charge is 0.0312 e. The Morgan fingerprint density at radius 2 is 2.22 bits per heavy atom. The van der Waals surface area contributed by atoms with Crippen molar-refractivity contribution in [2.24, 2.45) is 0 Å². The Hall–Kier alpha value is -0.970. The van der Waals surface area contributed by atoms with Crippen LogP contribution in [0.1, 0.15) is 12.0 Å². The summed E-state index contributed by atoms with van der Waals surface area (Å²) in [7, 11) is 2.19. The van der Waals surface area contributed by atoms with Gasteiger partial charge in [0.15, 0.2) is 0 Å². The Balaban J connectivity index is 1.61. The van der Waals surface area contributed by atoms with E-state index in [0.717, 1.165) is 26.2 Å². The standard InChI is InChI=1S/C14H24N4/c1-17(13-14-4-2-5-16-12-14)8-3-9-18-10-6-15-7-11-18/h2,4-5,12,15H,3,6-11,13H2,1H3. The van der Waals surface area contributed by atoms with Crippen molar-refractivity contribution in [1.82, 2.24) is 20.1 Å². The number of nitrogens with one attached hydrogen (secondary N) is 1. The minimum atomic E-state index is 0.995. The molecule has 0 spiro atoms. The second kappa shape index (κ2) is 7.46. The van der Waals surface area contributed by atoms with Crippen LogP contribution in [0.3, 0.4) is 0 Å². The fourth-order valence-corrected chi connectivity index (χ4v) is 2.38. The van der Waals surface area contributed by atoms with Gasteiger partial charge in [0.05, 0.1) is 0 Å². The van der Waals surface area contributed by atoms with Crippen molar-refractivity contribution in [3.63, 3.8) is 0 Å². The lowest BCUT2D eigenvalue weighted by molar-refractivity contribution is 0.220. The Morgan fingerprint density at radius 3 is 2.94 bits per heavy atom. The van der Waals surface area contributed by atoms with Gasteiger partial charge < -0.3 is 15.1 Å². The maximum absolute atomic E-state index is 4.15. The van der Waals surface area contributed by atoms with E-state index < -0.39 is 0 Å². The molecule has 0 aromatic carbocycles. The molecule has 1 saturated heterocycles. The molecule has 18 heavy (non-hydrogen) atoms. The number of hydrogen-bond donors (Lipinski definition) is 1. The molecule has 0 atom stereocenters. The molecule has 0 radical (unpaired) electrons. The van der Waals surface area contributed by atoms with Crippen LogP contribution in [-0.4, -0.2) is 61.1 Å². The average molecular weight is 248 g/mol. The van der Waals surface area contributed by atoms with Crippen molar-refractivity contribution in [3.8, 4) is 0 Å². The fourth-order valence-electron chi connectivity index (χ4n) is 2.38. The van der Waals surface area contributed by atoms with Gasteiger partial charge in [0.25, 0.3) is 0 Å². The summed E-state index contributed by atoms with van der Waals surface area (Å²) in [6.45, 7) is 8.06. The molecular formula is C14H24N4. The van der Waals surface area contributed by atoms with Crippen LogP contribution in [0.4, 0.5) is 0 Å². The van der Waals surface area contributed by atoms with Gasteiger partial charge in [-0.25, -0.2) is 0 Å². The molecule has 1 aromatic heterocycles. The minimum absolute atomic E-state index is 0.995. The molecule has 2 heterocycles. The van der Waals surface area contributed by atoms with E-state index in [0.29, 0.717) is 0 Å². The molecule has 1 aliphatic rings. The molecule has 4 nitrogen and oxygen atoms in total. The largest absolute Gasteiger partial charge is 0.314 e. The highest BCUT2D eigenvalue weighted by Gasteiger charge is 2.09. The number of pyridine rings is 1. The van der Waals surface area contributed by atoms with Crippen molar-refractivity contribution in [1.29, 1.82) is 0 Å². The quantitative estimate of drug-likeness (QED) is 0.807. The second-order valence-corrected chi connectivity index (χ2v) is 5.04. The average Bonchev–Trinajstić information content (AvgIpc) is 2.41. The zero-order chi connectivity index (χ0) is 12.6. The van der Waals surface area contributed by atoms with E-state index in [4.69, 9.17) is 0 Å². The topological polar surface area (TPSA) is 31.4 Å². The zero-order valence-electron chi connectivity index (χ0n) is 11.3. The Kier molecular flexibility index (Phi) is 5.58. The Bertz CT molecular complexity index is 322. The van der Waals surface area contributed by atoms with Crippen LogP contribution in [0.15, 0.2) is 24.5 Å². The van der Waals surface area contributed by atoms with E-state index in [9.17, 15) is 0 Å². The first-order chi connectivity index (χ1) is 8.84. The number of hydrogen-bond acceptors (Lipinski definition) is 4. The highest BCUT2D eigenvalue weighted by Crippen LogP contribution is 2.02. The molecule has 100 valence electrons. The van der Waals surface area contributed by atoms with Crippen LogP contribution in [0.5, 0.6) is 0 Å². The van der Waals surface area contributed by atoms with Crippen LogP contribution in [0, 0.1) is 0 Å². The molecule has 0 saturated carbocycles. The highest BCUT2D eigenvalue weighted by molar-refractivity contribution is 5.07. The second-order valence-electron chi connectivity index (χ2n) is 5.04. The van der Waals surface area contributed by atoms with Gasteiger partial charge in [0, 0.05) is 45.1 Å². The third-order valence-corrected chi connectivity index (χ3v) is 3.40. The monoisotopic (exact) mass is 248 g/mol. The van der Waals surface area contributed by atoms with Gasteiger partial charge in [-0.3, -0.25) is 4.98 Å². The zero-order valence-corrected chi connectivity index (χ0v) is 11.3. The van der Waals surface area contributed by atoms with Gasteiger partial charge in [-0.05, 0) is 38.2 Å². The van der Waals surface area contributed by atoms with Gasteiger partial charge in [-0.2, -0.15) is 0 Å². The summed E-state index contributed by atoms with van der Waals surface area (Å²) in [5, 5.41) is 3.39. The molecule has 0 bridgehead atoms. The summed E-state index contributed by atoms with van der Waals surface area (Å²) < 4.78 is 0. The number of piperazine rings is 1. The van der Waals surface area contributed by atoms with Gasteiger partial charge >= 0.3 is 0 Å². The van der Waals surface area contributed by atoms with E-state index in [1.54, 1.807) is 0 Å². The first kappa shape index (κ1) is 13.5. The van der Waals surface area contributed by atoms with E-state index in [-0.39, 0.29) is 0 Å². The van der Waals surface area contributed by atoms with E-state index in [1.807, 2.05) is 18.5 Å². The summed E-state index contributed by atoms with van der Waals surface area (Å²) in [6.07, 6.45) is 5.03. The summed E-state index contributed by atoms with van der Waals surface area (Å²) >= 11 is 0. The van der Waals surface area contributed by atoms with Crippen LogP contribution in [-0.2, 0) is 6.54 Å². The predicted molar refractivity (Wildman–Crippen MR) is 74.5 cm³/mol. The lowest BCUT2D eigenvalue weighted by Gasteiger charge is -2.27. The lowest BCUT2D eigenvalue weighted by Crippen LogP contribution is -2.44. The Labute approximate surface area is 110 Å². The molecule has 1 aromatic rings. The van der Waals surface area contributed by atoms with Crippen molar-refractivity contribution >= 4 is 0 Å². The van der Waals surface area contributed by atoms with Gasteiger partial charge in [0.1, 0.15) is 0 Å². The summed E-state index contributed by atoms with van der Waals surface area (Å²) in [4.78, 5) is 9.07. The highest BCUT2D eigenvalue weighted by atomic mass is 15.2. The van der Waals surface area contributed by atoms with Gasteiger partial charge in [-0.1, -0.05) is 6.07 Å². The summed E-state index contributed by atoms with van der Waals surface area (Å²) in [5.41, 5.74) is 1.29. The molecule has 4 heteroatoms. The number of aromatic nitrogens is 1. The van der Waals surface area contributed by atoms with Crippen LogP contribution >= 0.6 is 0 Å². The summed E-state index contributed by atoms with van der Waals surface area (Å²) in [6, 6.07) is 4.14. The third-order valence-electron chi connectivity index (χ3n) is 3.40. The molecule has 1 aliphatic heterocycles. The SMILES string of the molecule is CN(CCCN1CCNCC1)Cc1cccnc1. The Morgan fingerprint density at radius 1 is 1.39 bits per heavy atom. The molecular weight excluding hydrogens is 224 g/mol. The van der Waals surface area contributed by atoms with Crippen molar-refractivity contribution in [2.75, 3.05) is 46.3 Å². The summed E-state index contributed by atoms with van der Waals surface area (Å²) in [5.74, 6) is 0. The molecule has 0 unspecified atom stereocenters. The lowest BCUT2D eigenvalue weighted by atomic mass is 10.2. The fraction of sp³-hybridized carbons (Fsp3) is 0.643. The predicted octanol–water partition coefficient (Wildman–Crippen LogP) is 0.809. The first-order valence-corrected chi connectivity index (χ1v) is 6.85. The van der Waals surface area contributed by atoms with E-state index in [2.05, 4.69) is 33.2 Å².